The van der Waals surface area contributed by atoms with Gasteiger partial charge in [-0.25, -0.2) is 4.79 Å². The molecule has 142 valence electrons. The summed E-state index contributed by atoms with van der Waals surface area (Å²) in [5.41, 5.74) is 1.63. The monoisotopic (exact) mass is 368 g/mol. The molecule has 5 heteroatoms. The number of aromatic hydroxyl groups is 1. The van der Waals surface area contributed by atoms with E-state index in [1.807, 2.05) is 6.92 Å². The van der Waals surface area contributed by atoms with Crippen LogP contribution in [0, 0.1) is 0 Å². The molecule has 25 heavy (non-hydrogen) atoms. The number of thioether (sulfide) groups is 1. The topological polar surface area (TPSA) is 66.8 Å². The van der Waals surface area contributed by atoms with Crippen LogP contribution < -0.4 is 0 Å². The van der Waals surface area contributed by atoms with Crippen molar-refractivity contribution < 1.29 is 19.7 Å². The number of phenolic OH excluding ortho intramolecular Hbond substituents is 1. The standard InChI is InChI=1S/C20H32O4S/c1-13(24-12-17(21)22)8-9-25-14-10-15(19(2,3)4)18(23)16(11-14)20(5,6)7/h10-11,13,23H,8-9,12H2,1-7H3,(H,21,22). The van der Waals surface area contributed by atoms with Crippen LogP contribution in [0.25, 0.3) is 0 Å². The molecule has 0 spiro atoms. The van der Waals surface area contributed by atoms with Crippen molar-refractivity contribution in [3.8, 4) is 5.75 Å². The van der Waals surface area contributed by atoms with Crippen molar-refractivity contribution in [1.29, 1.82) is 0 Å². The largest absolute Gasteiger partial charge is 0.507 e. The number of benzene rings is 1. The zero-order valence-corrected chi connectivity index (χ0v) is 17.3. The van der Waals surface area contributed by atoms with Gasteiger partial charge in [-0.3, -0.25) is 0 Å². The maximum absolute atomic E-state index is 10.7. The first kappa shape index (κ1) is 21.8. The maximum atomic E-state index is 10.7. The summed E-state index contributed by atoms with van der Waals surface area (Å²) in [6, 6.07) is 4.13. The van der Waals surface area contributed by atoms with Gasteiger partial charge in [-0.2, -0.15) is 0 Å². The summed E-state index contributed by atoms with van der Waals surface area (Å²) < 4.78 is 5.26. The molecular weight excluding hydrogens is 336 g/mol. The van der Waals surface area contributed by atoms with Gasteiger partial charge in [0.1, 0.15) is 12.4 Å². The number of ether oxygens (including phenoxy) is 1. The van der Waals surface area contributed by atoms with Gasteiger partial charge in [0.2, 0.25) is 0 Å². The maximum Gasteiger partial charge on any atom is 0.329 e. The predicted octanol–water partition coefficient (Wildman–Crippen LogP) is 4.96. The van der Waals surface area contributed by atoms with Gasteiger partial charge in [0, 0.05) is 21.8 Å². The second-order valence-electron chi connectivity index (χ2n) is 8.52. The highest BCUT2D eigenvalue weighted by molar-refractivity contribution is 7.99. The smallest absolute Gasteiger partial charge is 0.329 e. The van der Waals surface area contributed by atoms with E-state index < -0.39 is 5.97 Å². The van der Waals surface area contributed by atoms with Crippen molar-refractivity contribution in [2.45, 2.75) is 76.7 Å². The predicted molar refractivity (Wildman–Crippen MR) is 104 cm³/mol. The number of carbonyl (C=O) groups is 1. The molecule has 0 fully saturated rings. The average Bonchev–Trinajstić information content (AvgIpc) is 2.44. The Hall–Kier alpha value is -1.20. The second kappa shape index (κ2) is 8.45. The van der Waals surface area contributed by atoms with Gasteiger partial charge in [0.05, 0.1) is 6.10 Å². The fourth-order valence-electron chi connectivity index (χ4n) is 2.47. The summed E-state index contributed by atoms with van der Waals surface area (Å²) in [5.74, 6) is 0.281. The van der Waals surface area contributed by atoms with Gasteiger partial charge in [0.25, 0.3) is 0 Å². The first-order valence-electron chi connectivity index (χ1n) is 8.66. The summed E-state index contributed by atoms with van der Waals surface area (Å²) >= 11 is 1.71. The van der Waals surface area contributed by atoms with Gasteiger partial charge in [-0.1, -0.05) is 41.5 Å². The van der Waals surface area contributed by atoms with Crippen LogP contribution in [0.2, 0.25) is 0 Å². The molecule has 0 aliphatic heterocycles. The molecule has 1 atom stereocenters. The van der Waals surface area contributed by atoms with E-state index in [0.29, 0.717) is 5.75 Å². The Balaban J connectivity index is 2.91. The molecular formula is C20H32O4S. The Bertz CT molecular complexity index is 562. The van der Waals surface area contributed by atoms with Crippen LogP contribution in [-0.4, -0.2) is 34.6 Å². The second-order valence-corrected chi connectivity index (χ2v) is 9.69. The van der Waals surface area contributed by atoms with E-state index in [9.17, 15) is 9.90 Å². The minimum absolute atomic E-state index is 0.0927. The highest BCUT2D eigenvalue weighted by atomic mass is 32.2. The minimum atomic E-state index is -0.942. The van der Waals surface area contributed by atoms with Crippen molar-refractivity contribution in [2.24, 2.45) is 0 Å². The average molecular weight is 369 g/mol. The third-order valence-corrected chi connectivity index (χ3v) is 4.99. The fourth-order valence-corrected chi connectivity index (χ4v) is 3.56. The lowest BCUT2D eigenvalue weighted by Crippen LogP contribution is -2.17. The molecule has 2 N–H and O–H groups in total. The molecule has 1 aromatic rings. The van der Waals surface area contributed by atoms with Crippen LogP contribution in [-0.2, 0) is 20.4 Å². The van der Waals surface area contributed by atoms with Gasteiger partial charge in [-0.15, -0.1) is 11.8 Å². The van der Waals surface area contributed by atoms with E-state index >= 15 is 0 Å². The van der Waals surface area contributed by atoms with E-state index in [1.165, 1.54) is 0 Å². The lowest BCUT2D eigenvalue weighted by Gasteiger charge is -2.28. The number of phenols is 1. The Labute approximate surface area is 156 Å². The molecule has 4 nitrogen and oxygen atoms in total. The first-order chi connectivity index (χ1) is 11.3. The van der Waals surface area contributed by atoms with Gasteiger partial charge >= 0.3 is 5.97 Å². The summed E-state index contributed by atoms with van der Waals surface area (Å²) in [6.45, 7) is 14.2. The molecule has 1 unspecified atom stereocenters. The summed E-state index contributed by atoms with van der Waals surface area (Å²) in [4.78, 5) is 11.7. The number of hydrogen-bond acceptors (Lipinski definition) is 4. The number of carboxylic acids is 1. The molecule has 0 radical (unpaired) electrons. The van der Waals surface area contributed by atoms with Crippen LogP contribution in [0.4, 0.5) is 0 Å². The molecule has 0 saturated heterocycles. The van der Waals surface area contributed by atoms with Crippen LogP contribution in [0.3, 0.4) is 0 Å². The third-order valence-electron chi connectivity index (χ3n) is 3.98. The Morgan fingerprint density at radius 2 is 1.60 bits per heavy atom. The van der Waals surface area contributed by atoms with Gasteiger partial charge in [0.15, 0.2) is 0 Å². The molecule has 0 aliphatic rings. The van der Waals surface area contributed by atoms with Crippen molar-refractivity contribution >= 4 is 17.7 Å². The lowest BCUT2D eigenvalue weighted by molar-refractivity contribution is -0.144. The molecule has 0 bridgehead atoms. The van der Waals surface area contributed by atoms with Crippen molar-refractivity contribution in [2.75, 3.05) is 12.4 Å². The van der Waals surface area contributed by atoms with E-state index in [0.717, 1.165) is 28.2 Å². The summed E-state index contributed by atoms with van der Waals surface area (Å²) in [7, 11) is 0. The molecule has 0 saturated carbocycles. The van der Waals surface area contributed by atoms with E-state index in [2.05, 4.69) is 53.7 Å². The Morgan fingerprint density at radius 1 is 1.12 bits per heavy atom. The Morgan fingerprint density at radius 3 is 2.00 bits per heavy atom. The van der Waals surface area contributed by atoms with Crippen LogP contribution in [0.15, 0.2) is 17.0 Å². The number of hydrogen-bond donors (Lipinski definition) is 2. The quantitative estimate of drug-likeness (QED) is 0.666. The van der Waals surface area contributed by atoms with E-state index in [1.54, 1.807) is 11.8 Å². The van der Waals surface area contributed by atoms with Gasteiger partial charge in [-0.05, 0) is 36.3 Å². The first-order valence-corrected chi connectivity index (χ1v) is 9.65. The van der Waals surface area contributed by atoms with E-state index in [-0.39, 0.29) is 23.5 Å². The summed E-state index contributed by atoms with van der Waals surface area (Å²) in [5, 5.41) is 19.4. The number of rotatable bonds is 7. The Kier molecular flexibility index (Phi) is 7.39. The molecule has 0 aliphatic carbocycles. The minimum Gasteiger partial charge on any atom is -0.507 e. The van der Waals surface area contributed by atoms with Crippen molar-refractivity contribution in [3.05, 3.63) is 23.3 Å². The van der Waals surface area contributed by atoms with Crippen LogP contribution in [0.5, 0.6) is 5.75 Å². The molecule has 1 aromatic carbocycles. The highest BCUT2D eigenvalue weighted by Gasteiger charge is 2.26. The molecule has 0 heterocycles. The third kappa shape index (κ3) is 6.90. The zero-order valence-electron chi connectivity index (χ0n) is 16.5. The van der Waals surface area contributed by atoms with Crippen LogP contribution in [0.1, 0.15) is 66.0 Å². The van der Waals surface area contributed by atoms with Crippen molar-refractivity contribution in [1.82, 2.24) is 0 Å². The normalized spacial score (nSPS) is 13.7. The summed E-state index contributed by atoms with van der Waals surface area (Å²) in [6.07, 6.45) is 0.680. The molecule has 1 rings (SSSR count). The SMILES string of the molecule is CC(CCSc1cc(C(C)(C)C)c(O)c(C(C)(C)C)c1)OCC(=O)O. The zero-order chi connectivity index (χ0) is 19.4. The van der Waals surface area contributed by atoms with Gasteiger partial charge < -0.3 is 14.9 Å². The molecule has 0 aromatic heterocycles. The lowest BCUT2D eigenvalue weighted by atomic mass is 9.79. The van der Waals surface area contributed by atoms with Crippen molar-refractivity contribution in [3.63, 3.8) is 0 Å². The highest BCUT2D eigenvalue weighted by Crippen LogP contribution is 2.41. The fraction of sp³-hybridized carbons (Fsp3) is 0.650. The molecule has 0 amide bonds. The van der Waals surface area contributed by atoms with Crippen LogP contribution >= 0.6 is 11.8 Å². The number of aliphatic carboxylic acids is 1. The van der Waals surface area contributed by atoms with E-state index in [4.69, 9.17) is 9.84 Å². The number of carboxylic acid groups (broad SMARTS) is 1.